The Bertz CT molecular complexity index is 616. The van der Waals surface area contributed by atoms with E-state index in [1.165, 1.54) is 0 Å². The Kier molecular flexibility index (Phi) is 5.47. The van der Waals surface area contributed by atoms with Crippen LogP contribution in [-0.4, -0.2) is 19.3 Å². The molecule has 0 bridgehead atoms. The van der Waals surface area contributed by atoms with Gasteiger partial charge in [0.15, 0.2) is 11.5 Å². The summed E-state index contributed by atoms with van der Waals surface area (Å²) < 4.78 is 11.5. The maximum Gasteiger partial charge on any atom is 0.161 e. The molecule has 0 heterocycles. The average molecular weight is 352 g/mol. The van der Waals surface area contributed by atoms with Crippen LogP contribution >= 0.6 is 15.9 Å². The lowest BCUT2D eigenvalue weighted by molar-refractivity contribution is 0.354. The summed E-state index contributed by atoms with van der Waals surface area (Å²) in [6.07, 6.45) is 0. The molecule has 0 atom stereocenters. The zero-order chi connectivity index (χ0) is 15.2. The summed E-state index contributed by atoms with van der Waals surface area (Å²) in [7, 11) is 3.23. The maximum absolute atomic E-state index is 9.73. The van der Waals surface area contributed by atoms with Gasteiger partial charge in [0.05, 0.1) is 14.2 Å². The number of methoxy groups -OCH3 is 2. The second kappa shape index (κ2) is 7.33. The van der Waals surface area contributed by atoms with Crippen LogP contribution < -0.4 is 14.8 Å². The Labute approximate surface area is 132 Å². The predicted molar refractivity (Wildman–Crippen MR) is 85.9 cm³/mol. The maximum atomic E-state index is 9.73. The monoisotopic (exact) mass is 351 g/mol. The lowest BCUT2D eigenvalue weighted by Gasteiger charge is -2.13. The normalized spacial score (nSPS) is 10.4. The summed E-state index contributed by atoms with van der Waals surface area (Å²) in [4.78, 5) is 0. The van der Waals surface area contributed by atoms with Gasteiger partial charge >= 0.3 is 0 Å². The summed E-state index contributed by atoms with van der Waals surface area (Å²) in [5.74, 6) is 1.69. The van der Waals surface area contributed by atoms with Crippen LogP contribution in [-0.2, 0) is 13.1 Å². The predicted octanol–water partition coefficient (Wildman–Crippen LogP) is 3.46. The lowest BCUT2D eigenvalue weighted by Crippen LogP contribution is -2.13. The van der Waals surface area contributed by atoms with Crippen molar-refractivity contribution in [2.75, 3.05) is 14.2 Å². The van der Waals surface area contributed by atoms with Crippen LogP contribution in [0.1, 0.15) is 11.1 Å². The molecule has 0 aliphatic rings. The van der Waals surface area contributed by atoms with E-state index in [4.69, 9.17) is 9.47 Å². The van der Waals surface area contributed by atoms with Crippen molar-refractivity contribution < 1.29 is 14.6 Å². The number of rotatable bonds is 6. The van der Waals surface area contributed by atoms with Gasteiger partial charge in [-0.1, -0.05) is 34.1 Å². The minimum atomic E-state index is 0.302. The molecule has 0 radical (unpaired) electrons. The zero-order valence-electron chi connectivity index (χ0n) is 12.0. The van der Waals surface area contributed by atoms with Gasteiger partial charge in [0.1, 0.15) is 5.75 Å². The topological polar surface area (TPSA) is 50.7 Å². The SMILES string of the molecule is COc1cc(Br)c(CNCc2ccccc2O)cc1OC. The summed E-state index contributed by atoms with van der Waals surface area (Å²) in [5, 5.41) is 13.0. The number of aromatic hydroxyl groups is 1. The first kappa shape index (κ1) is 15.7. The molecule has 0 aromatic heterocycles. The van der Waals surface area contributed by atoms with Crippen molar-refractivity contribution >= 4 is 15.9 Å². The fourth-order valence-corrected chi connectivity index (χ4v) is 2.49. The van der Waals surface area contributed by atoms with E-state index in [0.29, 0.717) is 30.3 Å². The smallest absolute Gasteiger partial charge is 0.161 e. The standard InChI is InChI=1S/C16H18BrNO3/c1-20-15-7-12(13(17)8-16(15)21-2)10-18-9-11-5-3-4-6-14(11)19/h3-8,18-19H,9-10H2,1-2H3. The molecule has 0 unspecified atom stereocenters. The van der Waals surface area contributed by atoms with E-state index in [2.05, 4.69) is 21.2 Å². The van der Waals surface area contributed by atoms with Gasteiger partial charge in [-0.3, -0.25) is 0 Å². The first-order valence-electron chi connectivity index (χ1n) is 6.53. The van der Waals surface area contributed by atoms with E-state index in [-0.39, 0.29) is 0 Å². The Morgan fingerprint density at radius 2 is 1.62 bits per heavy atom. The summed E-state index contributed by atoms with van der Waals surface area (Å²) in [6.45, 7) is 1.24. The van der Waals surface area contributed by atoms with Crippen molar-refractivity contribution in [3.05, 3.63) is 52.0 Å². The van der Waals surface area contributed by atoms with Crippen LogP contribution in [0.3, 0.4) is 0 Å². The van der Waals surface area contributed by atoms with E-state index in [0.717, 1.165) is 15.6 Å². The van der Waals surface area contributed by atoms with Crippen molar-refractivity contribution in [1.29, 1.82) is 0 Å². The number of benzene rings is 2. The third-order valence-electron chi connectivity index (χ3n) is 3.18. The van der Waals surface area contributed by atoms with Crippen LogP contribution in [0.2, 0.25) is 0 Å². The third kappa shape index (κ3) is 3.89. The molecule has 0 aliphatic heterocycles. The van der Waals surface area contributed by atoms with E-state index < -0.39 is 0 Å². The van der Waals surface area contributed by atoms with Crippen molar-refractivity contribution in [3.63, 3.8) is 0 Å². The Balaban J connectivity index is 2.05. The molecule has 0 saturated carbocycles. The summed E-state index contributed by atoms with van der Waals surface area (Å²) in [6, 6.07) is 11.1. The zero-order valence-corrected chi connectivity index (χ0v) is 13.6. The minimum Gasteiger partial charge on any atom is -0.508 e. The molecule has 0 fully saturated rings. The largest absolute Gasteiger partial charge is 0.508 e. The lowest BCUT2D eigenvalue weighted by atomic mass is 10.1. The van der Waals surface area contributed by atoms with Crippen LogP contribution in [0.15, 0.2) is 40.9 Å². The number of hydrogen-bond acceptors (Lipinski definition) is 4. The molecule has 0 spiro atoms. The molecule has 2 aromatic rings. The van der Waals surface area contributed by atoms with Gasteiger partial charge in [0, 0.05) is 23.1 Å². The van der Waals surface area contributed by atoms with Crippen LogP contribution in [0, 0.1) is 0 Å². The summed E-state index contributed by atoms with van der Waals surface area (Å²) >= 11 is 3.53. The molecule has 0 aliphatic carbocycles. The highest BCUT2D eigenvalue weighted by molar-refractivity contribution is 9.10. The molecule has 2 aromatic carbocycles. The van der Waals surface area contributed by atoms with Gasteiger partial charge in [-0.2, -0.15) is 0 Å². The van der Waals surface area contributed by atoms with E-state index in [1.54, 1.807) is 20.3 Å². The fraction of sp³-hybridized carbons (Fsp3) is 0.250. The van der Waals surface area contributed by atoms with E-state index in [1.807, 2.05) is 30.3 Å². The number of para-hydroxylation sites is 1. The number of phenols is 1. The highest BCUT2D eigenvalue weighted by Gasteiger charge is 2.09. The van der Waals surface area contributed by atoms with Gasteiger partial charge in [-0.15, -0.1) is 0 Å². The molecule has 0 saturated heterocycles. The van der Waals surface area contributed by atoms with Crippen molar-refractivity contribution in [2.24, 2.45) is 0 Å². The number of ether oxygens (including phenoxy) is 2. The molecule has 112 valence electrons. The van der Waals surface area contributed by atoms with E-state index >= 15 is 0 Å². The molecule has 2 N–H and O–H groups in total. The molecule has 21 heavy (non-hydrogen) atoms. The van der Waals surface area contributed by atoms with Gasteiger partial charge in [-0.05, 0) is 23.8 Å². The third-order valence-corrected chi connectivity index (χ3v) is 3.91. The van der Waals surface area contributed by atoms with Crippen molar-refractivity contribution in [2.45, 2.75) is 13.1 Å². The summed E-state index contributed by atoms with van der Waals surface area (Å²) in [5.41, 5.74) is 1.93. The number of nitrogens with one attached hydrogen (secondary N) is 1. The molecular formula is C16H18BrNO3. The van der Waals surface area contributed by atoms with E-state index in [9.17, 15) is 5.11 Å². The number of phenolic OH excluding ortho intramolecular Hbond substituents is 1. The van der Waals surface area contributed by atoms with Crippen molar-refractivity contribution in [3.8, 4) is 17.2 Å². The second-order valence-electron chi connectivity index (χ2n) is 4.53. The average Bonchev–Trinajstić information content (AvgIpc) is 2.50. The number of halogens is 1. The highest BCUT2D eigenvalue weighted by Crippen LogP contribution is 2.33. The van der Waals surface area contributed by atoms with Gasteiger partial charge < -0.3 is 19.9 Å². The second-order valence-corrected chi connectivity index (χ2v) is 5.39. The van der Waals surface area contributed by atoms with Gasteiger partial charge in [0.25, 0.3) is 0 Å². The van der Waals surface area contributed by atoms with Gasteiger partial charge in [0.2, 0.25) is 0 Å². The molecule has 0 amide bonds. The quantitative estimate of drug-likeness (QED) is 0.836. The number of hydrogen-bond donors (Lipinski definition) is 2. The Hall–Kier alpha value is -1.72. The highest BCUT2D eigenvalue weighted by atomic mass is 79.9. The molecule has 5 heteroatoms. The van der Waals surface area contributed by atoms with Gasteiger partial charge in [-0.25, -0.2) is 0 Å². The van der Waals surface area contributed by atoms with Crippen molar-refractivity contribution in [1.82, 2.24) is 5.32 Å². The van der Waals surface area contributed by atoms with Crippen LogP contribution in [0.5, 0.6) is 17.2 Å². The Morgan fingerprint density at radius 1 is 1.00 bits per heavy atom. The molecule has 4 nitrogen and oxygen atoms in total. The Morgan fingerprint density at radius 3 is 2.29 bits per heavy atom. The first-order valence-corrected chi connectivity index (χ1v) is 7.33. The van der Waals surface area contributed by atoms with Crippen LogP contribution in [0.25, 0.3) is 0 Å². The first-order chi connectivity index (χ1) is 10.2. The fourth-order valence-electron chi connectivity index (χ4n) is 2.02. The minimum absolute atomic E-state index is 0.302. The van der Waals surface area contributed by atoms with Crippen LogP contribution in [0.4, 0.5) is 0 Å². The molecule has 2 rings (SSSR count). The molecular weight excluding hydrogens is 334 g/mol.